The monoisotopic (exact) mass is 269 g/mol. The first-order valence-electron chi connectivity index (χ1n) is 6.28. The third-order valence-corrected chi connectivity index (χ3v) is 2.63. The Balaban J connectivity index is 1.90. The van der Waals surface area contributed by atoms with E-state index in [1.165, 1.54) is 6.08 Å². The van der Waals surface area contributed by atoms with Gasteiger partial charge in [0.15, 0.2) is 0 Å². The van der Waals surface area contributed by atoms with Crippen molar-refractivity contribution in [3.63, 3.8) is 0 Å². The summed E-state index contributed by atoms with van der Waals surface area (Å²) >= 11 is 0. The molecule has 4 heteroatoms. The first-order chi connectivity index (χ1) is 9.74. The van der Waals surface area contributed by atoms with Crippen LogP contribution in [0.25, 0.3) is 6.08 Å². The summed E-state index contributed by atoms with van der Waals surface area (Å²) in [5.41, 5.74) is 1.78. The molecule has 0 radical (unpaired) electrons. The van der Waals surface area contributed by atoms with E-state index >= 15 is 0 Å². The van der Waals surface area contributed by atoms with Gasteiger partial charge in [-0.15, -0.1) is 0 Å². The Labute approximate surface area is 117 Å². The zero-order valence-electron chi connectivity index (χ0n) is 10.9. The van der Waals surface area contributed by atoms with Crippen LogP contribution in [0.3, 0.4) is 0 Å². The minimum atomic E-state index is -0.966. The fourth-order valence-corrected chi connectivity index (χ4v) is 1.69. The number of rotatable bonds is 6. The van der Waals surface area contributed by atoms with Crippen LogP contribution in [0.15, 0.2) is 54.7 Å². The van der Waals surface area contributed by atoms with Crippen LogP contribution in [0.5, 0.6) is 5.75 Å². The Kier molecular flexibility index (Phi) is 4.89. The maximum Gasteiger partial charge on any atom is 0.328 e. The van der Waals surface area contributed by atoms with Gasteiger partial charge in [0.05, 0.1) is 6.61 Å². The molecular formula is C16H15NO3. The van der Waals surface area contributed by atoms with Gasteiger partial charge < -0.3 is 9.84 Å². The highest BCUT2D eigenvalue weighted by atomic mass is 16.5. The van der Waals surface area contributed by atoms with Gasteiger partial charge in [-0.1, -0.05) is 18.2 Å². The Morgan fingerprint density at radius 2 is 2.15 bits per heavy atom. The second kappa shape index (κ2) is 7.09. The minimum Gasteiger partial charge on any atom is -0.493 e. The zero-order valence-corrected chi connectivity index (χ0v) is 10.9. The van der Waals surface area contributed by atoms with Crippen LogP contribution < -0.4 is 4.74 Å². The van der Waals surface area contributed by atoms with Crippen molar-refractivity contribution in [2.24, 2.45) is 0 Å². The Bertz CT molecular complexity index is 594. The van der Waals surface area contributed by atoms with Crippen molar-refractivity contribution in [3.05, 3.63) is 66.0 Å². The van der Waals surface area contributed by atoms with Crippen molar-refractivity contribution in [1.82, 2.24) is 4.98 Å². The number of benzene rings is 1. The van der Waals surface area contributed by atoms with Crippen LogP contribution >= 0.6 is 0 Å². The number of pyridine rings is 1. The fourth-order valence-electron chi connectivity index (χ4n) is 1.69. The molecule has 1 N–H and O–H groups in total. The lowest BCUT2D eigenvalue weighted by Gasteiger charge is -2.06. The highest BCUT2D eigenvalue weighted by Gasteiger charge is 1.97. The lowest BCUT2D eigenvalue weighted by Crippen LogP contribution is -2.02. The number of hydrogen-bond acceptors (Lipinski definition) is 3. The minimum absolute atomic E-state index is 0.531. The lowest BCUT2D eigenvalue weighted by atomic mass is 10.2. The van der Waals surface area contributed by atoms with Gasteiger partial charge in [-0.2, -0.15) is 0 Å². The molecule has 0 aliphatic heterocycles. The van der Waals surface area contributed by atoms with Gasteiger partial charge in [-0.3, -0.25) is 4.98 Å². The highest BCUT2D eigenvalue weighted by molar-refractivity contribution is 5.85. The van der Waals surface area contributed by atoms with Crippen molar-refractivity contribution in [3.8, 4) is 5.75 Å². The van der Waals surface area contributed by atoms with Crippen molar-refractivity contribution in [1.29, 1.82) is 0 Å². The zero-order chi connectivity index (χ0) is 14.2. The van der Waals surface area contributed by atoms with Crippen LogP contribution in [-0.4, -0.2) is 22.7 Å². The largest absolute Gasteiger partial charge is 0.493 e. The van der Waals surface area contributed by atoms with E-state index < -0.39 is 5.97 Å². The summed E-state index contributed by atoms with van der Waals surface area (Å²) in [7, 11) is 0. The van der Waals surface area contributed by atoms with Gasteiger partial charge in [0, 0.05) is 24.4 Å². The predicted octanol–water partition coefficient (Wildman–Crippen LogP) is 2.80. The number of hydrogen-bond donors (Lipinski definition) is 1. The molecule has 2 rings (SSSR count). The topological polar surface area (TPSA) is 59.4 Å². The Morgan fingerprint density at radius 3 is 2.90 bits per heavy atom. The second-order valence-electron chi connectivity index (χ2n) is 4.16. The third-order valence-electron chi connectivity index (χ3n) is 2.63. The van der Waals surface area contributed by atoms with Gasteiger partial charge in [0.1, 0.15) is 5.75 Å². The number of carbonyl (C=O) groups is 1. The van der Waals surface area contributed by atoms with E-state index in [9.17, 15) is 4.79 Å². The van der Waals surface area contributed by atoms with E-state index in [-0.39, 0.29) is 0 Å². The van der Waals surface area contributed by atoms with E-state index in [0.717, 1.165) is 23.8 Å². The summed E-state index contributed by atoms with van der Waals surface area (Å²) in [4.78, 5) is 14.7. The lowest BCUT2D eigenvalue weighted by molar-refractivity contribution is -0.131. The maximum absolute atomic E-state index is 10.5. The van der Waals surface area contributed by atoms with Gasteiger partial charge in [0.25, 0.3) is 0 Å². The second-order valence-corrected chi connectivity index (χ2v) is 4.16. The molecule has 0 aliphatic carbocycles. The van der Waals surface area contributed by atoms with Crippen molar-refractivity contribution in [2.45, 2.75) is 6.42 Å². The molecule has 0 spiro atoms. The fraction of sp³-hybridized carbons (Fsp3) is 0.125. The third kappa shape index (κ3) is 4.57. The predicted molar refractivity (Wildman–Crippen MR) is 76.5 cm³/mol. The molecule has 0 atom stereocenters. The number of nitrogens with zero attached hydrogens (tertiary/aromatic N) is 1. The van der Waals surface area contributed by atoms with E-state index in [4.69, 9.17) is 9.84 Å². The maximum atomic E-state index is 10.5. The van der Waals surface area contributed by atoms with E-state index in [1.54, 1.807) is 12.3 Å². The number of aromatic nitrogens is 1. The van der Waals surface area contributed by atoms with E-state index in [2.05, 4.69) is 4.98 Å². The number of aliphatic carboxylic acids is 1. The van der Waals surface area contributed by atoms with Gasteiger partial charge in [0.2, 0.25) is 0 Å². The van der Waals surface area contributed by atoms with Gasteiger partial charge in [-0.05, 0) is 35.9 Å². The van der Waals surface area contributed by atoms with Crippen molar-refractivity contribution in [2.75, 3.05) is 6.61 Å². The summed E-state index contributed by atoms with van der Waals surface area (Å²) in [5.74, 6) is -0.250. The molecule has 0 saturated heterocycles. The molecule has 102 valence electrons. The molecule has 0 saturated carbocycles. The molecule has 0 aliphatic rings. The van der Waals surface area contributed by atoms with Crippen molar-refractivity contribution < 1.29 is 14.6 Å². The van der Waals surface area contributed by atoms with Crippen LogP contribution in [-0.2, 0) is 11.2 Å². The summed E-state index contributed by atoms with van der Waals surface area (Å²) in [6, 6.07) is 13.1. The molecule has 0 bridgehead atoms. The highest BCUT2D eigenvalue weighted by Crippen LogP contribution is 2.14. The Hall–Kier alpha value is -2.62. The molecule has 4 nitrogen and oxygen atoms in total. The average Bonchev–Trinajstić information content (AvgIpc) is 2.47. The van der Waals surface area contributed by atoms with E-state index in [1.807, 2.05) is 36.4 Å². The summed E-state index contributed by atoms with van der Waals surface area (Å²) in [5, 5.41) is 8.59. The number of ether oxygens (including phenoxy) is 1. The van der Waals surface area contributed by atoms with Crippen LogP contribution in [0, 0.1) is 0 Å². The smallest absolute Gasteiger partial charge is 0.328 e. The molecule has 1 heterocycles. The van der Waals surface area contributed by atoms with Crippen LogP contribution in [0.4, 0.5) is 0 Å². The molecule has 20 heavy (non-hydrogen) atoms. The van der Waals surface area contributed by atoms with Crippen LogP contribution in [0.1, 0.15) is 11.3 Å². The molecule has 0 fully saturated rings. The summed E-state index contributed by atoms with van der Waals surface area (Å²) < 4.78 is 5.64. The molecule has 0 unspecified atom stereocenters. The molecule has 0 amide bonds. The molecule has 1 aromatic heterocycles. The summed E-state index contributed by atoms with van der Waals surface area (Å²) in [6.45, 7) is 0.531. The summed E-state index contributed by atoms with van der Waals surface area (Å²) in [6.07, 6.45) is 5.13. The molecule has 2 aromatic rings. The SMILES string of the molecule is O=C(O)/C=C/c1cccc(OCCc2ccccn2)c1. The molecule has 1 aromatic carbocycles. The molecular weight excluding hydrogens is 254 g/mol. The van der Waals surface area contributed by atoms with E-state index in [0.29, 0.717) is 12.4 Å². The first kappa shape index (κ1) is 13.8. The van der Waals surface area contributed by atoms with Gasteiger partial charge >= 0.3 is 5.97 Å². The van der Waals surface area contributed by atoms with Crippen LogP contribution in [0.2, 0.25) is 0 Å². The average molecular weight is 269 g/mol. The quantitative estimate of drug-likeness (QED) is 0.819. The van der Waals surface area contributed by atoms with Crippen molar-refractivity contribution >= 4 is 12.0 Å². The standard InChI is InChI=1S/C16H15NO3/c18-16(19)8-7-13-4-3-6-15(12-13)20-11-9-14-5-1-2-10-17-14/h1-8,10,12H,9,11H2,(H,18,19)/b8-7+. The van der Waals surface area contributed by atoms with Gasteiger partial charge in [-0.25, -0.2) is 4.79 Å². The number of carboxylic acids is 1. The first-order valence-corrected chi connectivity index (χ1v) is 6.28. The number of carboxylic acid groups (broad SMARTS) is 1. The Morgan fingerprint density at radius 1 is 1.25 bits per heavy atom. The normalized spacial score (nSPS) is 10.6.